The van der Waals surface area contributed by atoms with Crippen LogP contribution in [0.1, 0.15) is 30.9 Å². The van der Waals surface area contributed by atoms with E-state index in [1.54, 1.807) is 0 Å². The Bertz CT molecular complexity index is 459. The molecule has 0 fully saturated rings. The zero-order valence-corrected chi connectivity index (χ0v) is 12.6. The van der Waals surface area contributed by atoms with E-state index >= 15 is 0 Å². The van der Waals surface area contributed by atoms with Gasteiger partial charge < -0.3 is 16.2 Å². The minimum Gasteiger partial charge on any atom is -0.496 e. The van der Waals surface area contributed by atoms with Crippen LogP contribution in [0.5, 0.6) is 5.75 Å². The van der Waals surface area contributed by atoms with Gasteiger partial charge in [-0.1, -0.05) is 13.8 Å². The minimum atomic E-state index is -4.37. The first-order chi connectivity index (χ1) is 9.76. The molecule has 120 valence electrons. The maximum atomic E-state index is 12.9. The molecule has 2 atom stereocenters. The van der Waals surface area contributed by atoms with E-state index < -0.39 is 11.7 Å². The Morgan fingerprint density at radius 3 is 2.14 bits per heavy atom. The Balaban J connectivity index is 3.20. The Labute approximate surface area is 123 Å². The van der Waals surface area contributed by atoms with Gasteiger partial charge in [0.05, 0.1) is 12.7 Å². The number of hydrogen-bond donors (Lipinski definition) is 2. The molecule has 4 N–H and O–H groups in total. The second-order valence-electron chi connectivity index (χ2n) is 5.33. The molecule has 1 aromatic carbocycles. The highest BCUT2D eigenvalue weighted by atomic mass is 19.4. The monoisotopic (exact) mass is 304 g/mol. The molecule has 1 rings (SSSR count). The van der Waals surface area contributed by atoms with Crippen molar-refractivity contribution in [3.8, 4) is 5.75 Å². The molecule has 0 heterocycles. The van der Waals surface area contributed by atoms with Gasteiger partial charge in [-0.3, -0.25) is 0 Å². The van der Waals surface area contributed by atoms with Gasteiger partial charge in [0, 0.05) is 0 Å². The molecule has 2 unspecified atom stereocenters. The second-order valence-corrected chi connectivity index (χ2v) is 5.33. The largest absolute Gasteiger partial charge is 0.496 e. The zero-order valence-electron chi connectivity index (χ0n) is 12.6. The molecular weight excluding hydrogens is 281 g/mol. The van der Waals surface area contributed by atoms with Crippen LogP contribution in [0.2, 0.25) is 0 Å². The average Bonchev–Trinajstić information content (AvgIpc) is 2.45. The first-order valence-electron chi connectivity index (χ1n) is 6.91. The first kappa shape index (κ1) is 17.8. The van der Waals surface area contributed by atoms with Crippen molar-refractivity contribution in [3.63, 3.8) is 0 Å². The fourth-order valence-corrected chi connectivity index (χ4v) is 2.48. The number of halogens is 3. The van der Waals surface area contributed by atoms with Crippen molar-refractivity contribution in [1.82, 2.24) is 0 Å². The summed E-state index contributed by atoms with van der Waals surface area (Å²) in [7, 11) is 1.45. The summed E-state index contributed by atoms with van der Waals surface area (Å²) >= 11 is 0. The fourth-order valence-electron chi connectivity index (χ4n) is 2.48. The van der Waals surface area contributed by atoms with Gasteiger partial charge in [0.1, 0.15) is 5.75 Å². The summed E-state index contributed by atoms with van der Waals surface area (Å²) in [6.45, 7) is 4.64. The average molecular weight is 304 g/mol. The van der Waals surface area contributed by atoms with Gasteiger partial charge >= 0.3 is 6.18 Å². The number of alkyl halides is 3. The van der Waals surface area contributed by atoms with Crippen LogP contribution < -0.4 is 16.2 Å². The number of ether oxygens (including phenoxy) is 1. The number of rotatable bonds is 6. The van der Waals surface area contributed by atoms with Crippen LogP contribution in [0.4, 0.5) is 13.2 Å². The van der Waals surface area contributed by atoms with E-state index in [-0.39, 0.29) is 17.8 Å². The summed E-state index contributed by atoms with van der Waals surface area (Å²) in [6, 6.07) is 3.55. The molecular formula is C15H23F3N2O. The first-order valence-corrected chi connectivity index (χ1v) is 6.91. The van der Waals surface area contributed by atoms with E-state index in [0.717, 1.165) is 12.1 Å². The van der Waals surface area contributed by atoms with E-state index in [2.05, 4.69) is 0 Å². The van der Waals surface area contributed by atoms with Gasteiger partial charge in [0.15, 0.2) is 0 Å². The van der Waals surface area contributed by atoms with Gasteiger partial charge in [0.25, 0.3) is 0 Å². The molecule has 6 heteroatoms. The predicted molar refractivity (Wildman–Crippen MR) is 77.2 cm³/mol. The molecule has 0 aliphatic rings. The zero-order chi connectivity index (χ0) is 16.2. The molecule has 0 saturated carbocycles. The standard InChI is InChI=1S/C15H23F3N2O/c1-9(11(7-19)8-20)10(2)13-6-12(15(16,17)18)4-5-14(13)21-3/h4-6,9-11H,7-8,19-20H2,1-3H3. The molecule has 0 saturated heterocycles. The third kappa shape index (κ3) is 4.11. The van der Waals surface area contributed by atoms with E-state index in [9.17, 15) is 13.2 Å². The quantitative estimate of drug-likeness (QED) is 0.849. The molecule has 21 heavy (non-hydrogen) atoms. The summed E-state index contributed by atoms with van der Waals surface area (Å²) in [5.41, 5.74) is 11.2. The molecule has 0 amide bonds. The van der Waals surface area contributed by atoms with Gasteiger partial charge in [-0.25, -0.2) is 0 Å². The Kier molecular flexibility index (Phi) is 6.04. The number of nitrogens with two attached hydrogens (primary N) is 2. The van der Waals surface area contributed by atoms with Crippen molar-refractivity contribution in [2.24, 2.45) is 23.3 Å². The molecule has 0 aliphatic carbocycles. The van der Waals surface area contributed by atoms with Crippen LogP contribution in [0.15, 0.2) is 18.2 Å². The lowest BCUT2D eigenvalue weighted by molar-refractivity contribution is -0.137. The predicted octanol–water partition coefficient (Wildman–Crippen LogP) is 2.99. The molecule has 0 spiro atoms. The topological polar surface area (TPSA) is 61.3 Å². The van der Waals surface area contributed by atoms with E-state index in [0.29, 0.717) is 24.4 Å². The minimum absolute atomic E-state index is 0.0531. The maximum absolute atomic E-state index is 12.9. The van der Waals surface area contributed by atoms with E-state index in [1.165, 1.54) is 13.2 Å². The van der Waals surface area contributed by atoms with Crippen molar-refractivity contribution >= 4 is 0 Å². The van der Waals surface area contributed by atoms with Crippen molar-refractivity contribution in [3.05, 3.63) is 29.3 Å². The van der Waals surface area contributed by atoms with Crippen molar-refractivity contribution in [2.75, 3.05) is 20.2 Å². The molecule has 0 bridgehead atoms. The molecule has 1 aromatic rings. The lowest BCUT2D eigenvalue weighted by Crippen LogP contribution is -2.31. The van der Waals surface area contributed by atoms with Gasteiger partial charge in [0.2, 0.25) is 0 Å². The Hall–Kier alpha value is -1.27. The summed E-state index contributed by atoms with van der Waals surface area (Å²) in [5.74, 6) is 0.422. The molecule has 0 aliphatic heterocycles. The van der Waals surface area contributed by atoms with Crippen molar-refractivity contribution in [2.45, 2.75) is 25.9 Å². The highest BCUT2D eigenvalue weighted by molar-refractivity contribution is 5.40. The van der Waals surface area contributed by atoms with Crippen LogP contribution in [0, 0.1) is 11.8 Å². The SMILES string of the molecule is COc1ccc(C(F)(F)F)cc1C(C)C(C)C(CN)CN. The lowest BCUT2D eigenvalue weighted by Gasteiger charge is -2.28. The summed E-state index contributed by atoms with van der Waals surface area (Å²) in [4.78, 5) is 0. The normalized spacial score (nSPS) is 15.1. The van der Waals surface area contributed by atoms with Crippen molar-refractivity contribution in [1.29, 1.82) is 0 Å². The second kappa shape index (κ2) is 7.13. The summed E-state index contributed by atoms with van der Waals surface area (Å²) < 4.78 is 43.8. The Morgan fingerprint density at radius 1 is 1.14 bits per heavy atom. The highest BCUT2D eigenvalue weighted by Gasteiger charge is 2.33. The van der Waals surface area contributed by atoms with Crippen LogP contribution in [-0.2, 0) is 6.18 Å². The molecule has 0 aromatic heterocycles. The number of benzene rings is 1. The van der Waals surface area contributed by atoms with Crippen LogP contribution in [-0.4, -0.2) is 20.2 Å². The molecule has 3 nitrogen and oxygen atoms in total. The van der Waals surface area contributed by atoms with Crippen LogP contribution in [0.3, 0.4) is 0 Å². The summed E-state index contributed by atoms with van der Waals surface area (Å²) in [5, 5.41) is 0. The maximum Gasteiger partial charge on any atom is 0.416 e. The van der Waals surface area contributed by atoms with Gasteiger partial charge in [-0.05, 0) is 54.6 Å². The number of methoxy groups -OCH3 is 1. The lowest BCUT2D eigenvalue weighted by atomic mass is 9.79. The van der Waals surface area contributed by atoms with Crippen molar-refractivity contribution < 1.29 is 17.9 Å². The van der Waals surface area contributed by atoms with Gasteiger partial charge in [-0.15, -0.1) is 0 Å². The third-order valence-corrected chi connectivity index (χ3v) is 4.19. The third-order valence-electron chi connectivity index (χ3n) is 4.19. The van der Waals surface area contributed by atoms with E-state index in [1.807, 2.05) is 13.8 Å². The molecule has 0 radical (unpaired) electrons. The van der Waals surface area contributed by atoms with Gasteiger partial charge in [-0.2, -0.15) is 13.2 Å². The van der Waals surface area contributed by atoms with Crippen LogP contribution in [0.25, 0.3) is 0 Å². The number of hydrogen-bond acceptors (Lipinski definition) is 3. The Morgan fingerprint density at radius 2 is 1.71 bits per heavy atom. The van der Waals surface area contributed by atoms with E-state index in [4.69, 9.17) is 16.2 Å². The smallest absolute Gasteiger partial charge is 0.416 e. The summed E-state index contributed by atoms with van der Waals surface area (Å²) in [6.07, 6.45) is -4.37. The highest BCUT2D eigenvalue weighted by Crippen LogP contribution is 2.39. The van der Waals surface area contributed by atoms with Crippen LogP contribution >= 0.6 is 0 Å². The fraction of sp³-hybridized carbons (Fsp3) is 0.600.